The lowest BCUT2D eigenvalue weighted by molar-refractivity contribution is 0.0559. The van der Waals surface area contributed by atoms with Gasteiger partial charge in [-0.2, -0.15) is 5.26 Å². The van der Waals surface area contributed by atoms with E-state index in [0.29, 0.717) is 6.04 Å². The maximum absolute atomic E-state index is 9.04. The van der Waals surface area contributed by atoms with Crippen LogP contribution >= 0.6 is 0 Å². The number of nitrogens with zero attached hydrogens (tertiary/aromatic N) is 1. The standard InChI is InChI=1S/C16H20N2/c1-15(2)14-9-12-8-11(10-17)4-5-13(12)16(15,3)6-7-18-14/h4-5,8,14,18H,6-7,9H2,1-3H3/t14-,16-/m0/s1. The molecule has 2 nitrogen and oxygen atoms in total. The molecule has 18 heavy (non-hydrogen) atoms. The molecule has 1 aliphatic heterocycles. The zero-order valence-electron chi connectivity index (χ0n) is 11.4. The Balaban J connectivity index is 2.21. The van der Waals surface area contributed by atoms with Crippen molar-refractivity contribution in [3.05, 3.63) is 34.9 Å². The molecule has 2 bridgehead atoms. The Morgan fingerprint density at radius 2 is 2.11 bits per heavy atom. The van der Waals surface area contributed by atoms with E-state index in [4.69, 9.17) is 5.26 Å². The molecule has 2 aliphatic rings. The van der Waals surface area contributed by atoms with Crippen LogP contribution in [0.1, 0.15) is 43.9 Å². The van der Waals surface area contributed by atoms with Gasteiger partial charge in [0.25, 0.3) is 0 Å². The van der Waals surface area contributed by atoms with Crippen LogP contribution in [0.5, 0.6) is 0 Å². The van der Waals surface area contributed by atoms with Crippen LogP contribution in [0.25, 0.3) is 0 Å². The fourth-order valence-electron chi connectivity index (χ4n) is 3.86. The molecular weight excluding hydrogens is 220 g/mol. The molecule has 0 saturated carbocycles. The van der Waals surface area contributed by atoms with Gasteiger partial charge in [-0.15, -0.1) is 0 Å². The van der Waals surface area contributed by atoms with Crippen LogP contribution in [-0.2, 0) is 11.8 Å². The Morgan fingerprint density at radius 3 is 2.83 bits per heavy atom. The number of benzene rings is 1. The Kier molecular flexibility index (Phi) is 2.34. The minimum absolute atomic E-state index is 0.227. The van der Waals surface area contributed by atoms with Crippen molar-refractivity contribution < 1.29 is 0 Å². The number of hydrogen-bond acceptors (Lipinski definition) is 2. The van der Waals surface area contributed by atoms with E-state index in [1.165, 1.54) is 17.5 Å². The van der Waals surface area contributed by atoms with Gasteiger partial charge in [0.2, 0.25) is 0 Å². The van der Waals surface area contributed by atoms with Crippen molar-refractivity contribution in [3.8, 4) is 6.07 Å². The zero-order chi connectivity index (χ0) is 13.0. The van der Waals surface area contributed by atoms with Gasteiger partial charge in [0.15, 0.2) is 0 Å². The van der Waals surface area contributed by atoms with Gasteiger partial charge < -0.3 is 5.32 Å². The van der Waals surface area contributed by atoms with Gasteiger partial charge in [-0.1, -0.05) is 26.8 Å². The third-order valence-corrected chi connectivity index (χ3v) is 5.56. The topological polar surface area (TPSA) is 35.8 Å². The van der Waals surface area contributed by atoms with E-state index >= 15 is 0 Å². The lowest BCUT2D eigenvalue weighted by Crippen LogP contribution is -2.62. The molecule has 2 heteroatoms. The van der Waals surface area contributed by atoms with Crippen molar-refractivity contribution in [2.75, 3.05) is 6.54 Å². The second-order valence-corrected chi connectivity index (χ2v) is 6.50. The molecule has 1 fully saturated rings. The van der Waals surface area contributed by atoms with Gasteiger partial charge in [-0.05, 0) is 48.1 Å². The maximum Gasteiger partial charge on any atom is 0.0991 e. The minimum Gasteiger partial charge on any atom is -0.313 e. The Bertz CT molecular complexity index is 539. The van der Waals surface area contributed by atoms with Gasteiger partial charge in [0.05, 0.1) is 11.6 Å². The largest absolute Gasteiger partial charge is 0.313 e. The first-order valence-corrected chi connectivity index (χ1v) is 6.76. The molecule has 3 rings (SSSR count). The number of piperidine rings is 1. The predicted molar refractivity (Wildman–Crippen MR) is 72.4 cm³/mol. The maximum atomic E-state index is 9.04. The van der Waals surface area contributed by atoms with Gasteiger partial charge >= 0.3 is 0 Å². The van der Waals surface area contributed by atoms with Crippen LogP contribution in [0.2, 0.25) is 0 Å². The molecule has 1 saturated heterocycles. The van der Waals surface area contributed by atoms with E-state index in [1.54, 1.807) is 0 Å². The van der Waals surface area contributed by atoms with E-state index in [1.807, 2.05) is 6.07 Å². The molecule has 2 atom stereocenters. The summed E-state index contributed by atoms with van der Waals surface area (Å²) in [7, 11) is 0. The number of rotatable bonds is 0. The first-order chi connectivity index (χ1) is 8.49. The summed E-state index contributed by atoms with van der Waals surface area (Å²) in [6, 6.07) is 9.03. The first kappa shape index (κ1) is 11.7. The van der Waals surface area contributed by atoms with E-state index in [2.05, 4.69) is 44.3 Å². The van der Waals surface area contributed by atoms with Crippen LogP contribution in [0.3, 0.4) is 0 Å². The van der Waals surface area contributed by atoms with Gasteiger partial charge in [0.1, 0.15) is 0 Å². The quantitative estimate of drug-likeness (QED) is 0.757. The highest BCUT2D eigenvalue weighted by Crippen LogP contribution is 2.53. The predicted octanol–water partition coefficient (Wildman–Crippen LogP) is 2.76. The summed E-state index contributed by atoms with van der Waals surface area (Å²) in [4.78, 5) is 0. The number of fused-ring (bicyclic) bond motifs is 4. The van der Waals surface area contributed by atoms with Crippen LogP contribution in [0, 0.1) is 16.7 Å². The van der Waals surface area contributed by atoms with Crippen molar-refractivity contribution in [2.45, 2.75) is 45.1 Å². The van der Waals surface area contributed by atoms with Crippen molar-refractivity contribution in [3.63, 3.8) is 0 Å². The Hall–Kier alpha value is -1.33. The van der Waals surface area contributed by atoms with E-state index in [9.17, 15) is 0 Å². The third-order valence-electron chi connectivity index (χ3n) is 5.56. The molecule has 1 N–H and O–H groups in total. The minimum atomic E-state index is 0.227. The molecular formula is C16H20N2. The molecule has 1 heterocycles. The van der Waals surface area contributed by atoms with Gasteiger partial charge in [0, 0.05) is 11.5 Å². The van der Waals surface area contributed by atoms with Crippen molar-refractivity contribution in [1.29, 1.82) is 5.26 Å². The summed E-state index contributed by atoms with van der Waals surface area (Å²) in [5.74, 6) is 0. The second-order valence-electron chi connectivity index (χ2n) is 6.50. The lowest BCUT2D eigenvalue weighted by atomic mass is 9.51. The average molecular weight is 240 g/mol. The van der Waals surface area contributed by atoms with Crippen molar-refractivity contribution in [1.82, 2.24) is 5.32 Å². The van der Waals surface area contributed by atoms with Crippen LogP contribution < -0.4 is 5.32 Å². The van der Waals surface area contributed by atoms with Crippen molar-refractivity contribution >= 4 is 0 Å². The molecule has 0 unspecified atom stereocenters. The van der Waals surface area contributed by atoms with Crippen LogP contribution in [0.15, 0.2) is 18.2 Å². The zero-order valence-corrected chi connectivity index (χ0v) is 11.4. The molecule has 1 aromatic rings. The smallest absolute Gasteiger partial charge is 0.0991 e. The van der Waals surface area contributed by atoms with Crippen molar-refractivity contribution in [2.24, 2.45) is 5.41 Å². The summed E-state index contributed by atoms with van der Waals surface area (Å²) >= 11 is 0. The highest BCUT2D eigenvalue weighted by molar-refractivity contribution is 5.46. The summed E-state index contributed by atoms with van der Waals surface area (Å²) < 4.78 is 0. The first-order valence-electron chi connectivity index (χ1n) is 6.76. The SMILES string of the molecule is CC1(C)[C@@H]2Cc3cc(C#N)ccc3[C@]1(C)CCN2. The molecule has 0 aromatic heterocycles. The molecule has 0 radical (unpaired) electrons. The Labute approximate surface area is 109 Å². The van der Waals surface area contributed by atoms with Crippen LogP contribution in [0.4, 0.5) is 0 Å². The highest BCUT2D eigenvalue weighted by Gasteiger charge is 2.53. The molecule has 0 spiro atoms. The van der Waals surface area contributed by atoms with Crippen LogP contribution in [-0.4, -0.2) is 12.6 Å². The summed E-state index contributed by atoms with van der Waals surface area (Å²) in [5, 5.41) is 12.7. The summed E-state index contributed by atoms with van der Waals surface area (Å²) in [6.07, 6.45) is 2.23. The van der Waals surface area contributed by atoms with Gasteiger partial charge in [-0.25, -0.2) is 0 Å². The number of nitriles is 1. The molecule has 94 valence electrons. The third kappa shape index (κ3) is 1.31. The summed E-state index contributed by atoms with van der Waals surface area (Å²) in [5.41, 5.74) is 4.11. The molecule has 1 aliphatic carbocycles. The number of nitrogens with one attached hydrogen (secondary N) is 1. The fraction of sp³-hybridized carbons (Fsp3) is 0.562. The van der Waals surface area contributed by atoms with E-state index in [0.717, 1.165) is 18.5 Å². The van der Waals surface area contributed by atoms with E-state index < -0.39 is 0 Å². The highest BCUT2D eigenvalue weighted by atomic mass is 15.0. The fourth-order valence-corrected chi connectivity index (χ4v) is 3.86. The van der Waals surface area contributed by atoms with E-state index in [-0.39, 0.29) is 10.8 Å². The average Bonchev–Trinajstić information content (AvgIpc) is 2.33. The second kappa shape index (κ2) is 3.59. The monoisotopic (exact) mass is 240 g/mol. The summed E-state index contributed by atoms with van der Waals surface area (Å²) in [6.45, 7) is 8.25. The number of hydrogen-bond donors (Lipinski definition) is 1. The lowest BCUT2D eigenvalue weighted by Gasteiger charge is -2.57. The molecule has 0 amide bonds. The Morgan fingerprint density at radius 1 is 1.33 bits per heavy atom. The molecule has 1 aromatic carbocycles. The normalized spacial score (nSPS) is 32.4. The van der Waals surface area contributed by atoms with Gasteiger partial charge in [-0.3, -0.25) is 0 Å².